The first kappa shape index (κ1) is 13.4. The summed E-state index contributed by atoms with van der Waals surface area (Å²) in [5.74, 6) is -1.40. The van der Waals surface area contributed by atoms with Crippen molar-refractivity contribution in [3.05, 3.63) is 35.4 Å². The number of nitrogens with zero attached hydrogens (tertiary/aromatic N) is 1. The highest BCUT2D eigenvalue weighted by atomic mass is 19.1. The highest BCUT2D eigenvalue weighted by Gasteiger charge is 2.22. The zero-order valence-corrected chi connectivity index (χ0v) is 10.4. The summed E-state index contributed by atoms with van der Waals surface area (Å²) in [5, 5.41) is 13.0. The number of aliphatic hydroxyl groups excluding tert-OH is 1. The van der Waals surface area contributed by atoms with Crippen LogP contribution in [-0.4, -0.2) is 42.7 Å². The molecule has 0 aromatic heterocycles. The van der Waals surface area contributed by atoms with E-state index in [1.54, 1.807) is 0 Å². The van der Waals surface area contributed by atoms with E-state index < -0.39 is 17.7 Å². The third-order valence-corrected chi connectivity index (χ3v) is 3.32. The summed E-state index contributed by atoms with van der Waals surface area (Å²) in [6, 6.07) is 3.88. The molecule has 1 aromatic rings. The van der Waals surface area contributed by atoms with Crippen LogP contribution < -0.4 is 5.32 Å². The zero-order valence-electron chi connectivity index (χ0n) is 10.4. The third kappa shape index (κ3) is 3.04. The van der Waals surface area contributed by atoms with Crippen LogP contribution in [0.2, 0.25) is 0 Å². The minimum absolute atomic E-state index is 0.163. The number of nitrogens with one attached hydrogen (secondary N) is 1. The highest BCUT2D eigenvalue weighted by Crippen LogP contribution is 2.20. The molecule has 100 valence electrons. The molecule has 0 spiro atoms. The first-order chi connectivity index (χ1) is 8.58. The molecule has 1 aliphatic rings. The fourth-order valence-corrected chi connectivity index (χ4v) is 2.31. The van der Waals surface area contributed by atoms with Gasteiger partial charge in [-0.25, -0.2) is 8.78 Å². The van der Waals surface area contributed by atoms with Crippen LogP contribution in [0.15, 0.2) is 18.2 Å². The quantitative estimate of drug-likeness (QED) is 0.852. The Morgan fingerprint density at radius 3 is 2.67 bits per heavy atom. The van der Waals surface area contributed by atoms with Gasteiger partial charge in [-0.15, -0.1) is 0 Å². The summed E-state index contributed by atoms with van der Waals surface area (Å²) in [6.07, 6.45) is -0.166. The van der Waals surface area contributed by atoms with Gasteiger partial charge in [-0.2, -0.15) is 0 Å². The number of benzene rings is 1. The summed E-state index contributed by atoms with van der Waals surface area (Å²) in [4.78, 5) is 2.17. The molecule has 3 nitrogen and oxygen atoms in total. The molecular formula is C13H18F2N2O. The predicted octanol–water partition coefficient (Wildman–Crippen LogP) is 1.29. The van der Waals surface area contributed by atoms with E-state index in [2.05, 4.69) is 10.2 Å². The SMILES string of the molecule is CN1CCC(NCC(O)c2c(F)cccc2F)C1. The number of likely N-dealkylation sites (N-methyl/N-ethyl adjacent to an activating group) is 1. The second-order valence-electron chi connectivity index (χ2n) is 4.81. The Balaban J connectivity index is 1.93. The Kier molecular flexibility index (Phi) is 4.27. The van der Waals surface area contributed by atoms with Gasteiger partial charge in [0.2, 0.25) is 0 Å². The van der Waals surface area contributed by atoms with E-state index in [4.69, 9.17) is 0 Å². The van der Waals surface area contributed by atoms with Gasteiger partial charge in [-0.1, -0.05) is 6.07 Å². The molecule has 1 heterocycles. The molecule has 1 fully saturated rings. The van der Waals surface area contributed by atoms with Crippen molar-refractivity contribution in [1.29, 1.82) is 0 Å². The first-order valence-corrected chi connectivity index (χ1v) is 6.12. The van der Waals surface area contributed by atoms with Gasteiger partial charge >= 0.3 is 0 Å². The van der Waals surface area contributed by atoms with Gasteiger partial charge in [0.05, 0.1) is 11.7 Å². The first-order valence-electron chi connectivity index (χ1n) is 6.12. The van der Waals surface area contributed by atoms with Crippen molar-refractivity contribution in [3.63, 3.8) is 0 Å². The van der Waals surface area contributed by atoms with Crippen LogP contribution in [0, 0.1) is 11.6 Å². The fraction of sp³-hybridized carbons (Fsp3) is 0.538. The molecule has 0 aliphatic carbocycles. The number of hydrogen-bond donors (Lipinski definition) is 2. The lowest BCUT2D eigenvalue weighted by Crippen LogP contribution is -2.35. The van der Waals surface area contributed by atoms with Crippen molar-refractivity contribution in [3.8, 4) is 0 Å². The smallest absolute Gasteiger partial charge is 0.131 e. The van der Waals surface area contributed by atoms with Crippen LogP contribution in [0.1, 0.15) is 18.1 Å². The van der Waals surface area contributed by atoms with Crippen molar-refractivity contribution in [2.24, 2.45) is 0 Å². The van der Waals surface area contributed by atoms with Gasteiger partial charge in [0.1, 0.15) is 11.6 Å². The monoisotopic (exact) mass is 256 g/mol. The van der Waals surface area contributed by atoms with E-state index >= 15 is 0 Å². The molecule has 0 saturated carbocycles. The van der Waals surface area contributed by atoms with Gasteiger partial charge in [-0.05, 0) is 32.1 Å². The minimum atomic E-state index is -1.16. The number of aliphatic hydroxyl groups is 1. The van der Waals surface area contributed by atoms with Gasteiger partial charge in [0.15, 0.2) is 0 Å². The van der Waals surface area contributed by atoms with E-state index in [-0.39, 0.29) is 18.2 Å². The Morgan fingerprint density at radius 1 is 1.44 bits per heavy atom. The summed E-state index contributed by atoms with van der Waals surface area (Å²) in [6.45, 7) is 2.06. The lowest BCUT2D eigenvalue weighted by Gasteiger charge is -2.17. The van der Waals surface area contributed by atoms with Crippen LogP contribution in [0.5, 0.6) is 0 Å². The molecule has 1 aromatic carbocycles. The highest BCUT2D eigenvalue weighted by molar-refractivity contribution is 5.22. The Morgan fingerprint density at radius 2 is 2.11 bits per heavy atom. The number of rotatable bonds is 4. The summed E-state index contributed by atoms with van der Waals surface area (Å²) in [7, 11) is 2.02. The van der Waals surface area contributed by atoms with E-state index in [0.29, 0.717) is 0 Å². The van der Waals surface area contributed by atoms with Crippen LogP contribution in [-0.2, 0) is 0 Å². The van der Waals surface area contributed by atoms with Crippen LogP contribution in [0.4, 0.5) is 8.78 Å². The standard InChI is InChI=1S/C13H18F2N2O/c1-17-6-5-9(8-17)16-7-12(18)13-10(14)3-2-4-11(13)15/h2-4,9,12,16,18H,5-8H2,1H3. The zero-order chi connectivity index (χ0) is 13.1. The van der Waals surface area contributed by atoms with E-state index in [1.165, 1.54) is 6.07 Å². The van der Waals surface area contributed by atoms with Crippen molar-refractivity contribution in [1.82, 2.24) is 10.2 Å². The molecule has 1 saturated heterocycles. The largest absolute Gasteiger partial charge is 0.387 e. The van der Waals surface area contributed by atoms with Gasteiger partial charge in [0, 0.05) is 19.1 Å². The van der Waals surface area contributed by atoms with Crippen LogP contribution in [0.25, 0.3) is 0 Å². The second kappa shape index (κ2) is 5.73. The van der Waals surface area contributed by atoms with Crippen molar-refractivity contribution in [2.45, 2.75) is 18.6 Å². The van der Waals surface area contributed by atoms with Gasteiger partial charge in [-0.3, -0.25) is 0 Å². The number of hydrogen-bond acceptors (Lipinski definition) is 3. The summed E-state index contributed by atoms with van der Waals surface area (Å²) >= 11 is 0. The van der Waals surface area contributed by atoms with Crippen LogP contribution >= 0.6 is 0 Å². The maximum absolute atomic E-state index is 13.4. The Labute approximate surface area is 105 Å². The van der Waals surface area contributed by atoms with Crippen LogP contribution in [0.3, 0.4) is 0 Å². The molecule has 0 bridgehead atoms. The average Bonchev–Trinajstić information content (AvgIpc) is 2.72. The number of likely N-dealkylation sites (tertiary alicyclic amines) is 1. The minimum Gasteiger partial charge on any atom is -0.387 e. The lowest BCUT2D eigenvalue weighted by atomic mass is 10.1. The normalized spacial score (nSPS) is 22.3. The van der Waals surface area contributed by atoms with E-state index in [1.807, 2.05) is 7.05 Å². The molecular weight excluding hydrogens is 238 g/mol. The molecule has 2 N–H and O–H groups in total. The molecule has 2 atom stereocenters. The third-order valence-electron chi connectivity index (χ3n) is 3.32. The maximum atomic E-state index is 13.4. The maximum Gasteiger partial charge on any atom is 0.131 e. The molecule has 2 unspecified atom stereocenters. The molecule has 5 heteroatoms. The summed E-state index contributed by atoms with van der Waals surface area (Å²) in [5.41, 5.74) is -0.253. The predicted molar refractivity (Wildman–Crippen MR) is 65.2 cm³/mol. The molecule has 18 heavy (non-hydrogen) atoms. The lowest BCUT2D eigenvalue weighted by molar-refractivity contribution is 0.160. The van der Waals surface area contributed by atoms with E-state index in [9.17, 15) is 13.9 Å². The Bertz CT molecular complexity index is 394. The molecule has 1 aliphatic heterocycles. The second-order valence-corrected chi connectivity index (χ2v) is 4.81. The van der Waals surface area contributed by atoms with Crippen molar-refractivity contribution in [2.75, 3.05) is 26.7 Å². The van der Waals surface area contributed by atoms with E-state index in [0.717, 1.165) is 31.6 Å². The van der Waals surface area contributed by atoms with Gasteiger partial charge < -0.3 is 15.3 Å². The number of halogens is 2. The van der Waals surface area contributed by atoms with Gasteiger partial charge in [0.25, 0.3) is 0 Å². The topological polar surface area (TPSA) is 35.5 Å². The molecule has 0 amide bonds. The molecule has 0 radical (unpaired) electrons. The average molecular weight is 256 g/mol. The van der Waals surface area contributed by atoms with Crippen molar-refractivity contribution >= 4 is 0 Å². The summed E-state index contributed by atoms with van der Waals surface area (Å²) < 4.78 is 26.9. The van der Waals surface area contributed by atoms with Crippen molar-refractivity contribution < 1.29 is 13.9 Å². The fourth-order valence-electron chi connectivity index (χ4n) is 2.31. The molecule has 2 rings (SSSR count). The Hall–Kier alpha value is -1.04.